The summed E-state index contributed by atoms with van der Waals surface area (Å²) in [5, 5.41) is 1.62. The first-order valence-corrected chi connectivity index (χ1v) is 8.56. The molecule has 20 heavy (non-hydrogen) atoms. The maximum atomic E-state index is 12.5. The van der Waals surface area contributed by atoms with Gasteiger partial charge in [0, 0.05) is 30.7 Å². The zero-order valence-corrected chi connectivity index (χ0v) is 12.6. The monoisotopic (exact) mass is 318 g/mol. The van der Waals surface area contributed by atoms with Gasteiger partial charge in [0.15, 0.2) is 0 Å². The van der Waals surface area contributed by atoms with E-state index in [1.165, 1.54) is 10.4 Å². The van der Waals surface area contributed by atoms with Crippen LogP contribution in [0.2, 0.25) is 0 Å². The molecule has 112 valence electrons. The fourth-order valence-electron chi connectivity index (χ4n) is 2.16. The predicted octanol–water partition coefficient (Wildman–Crippen LogP) is -0.488. The van der Waals surface area contributed by atoms with Crippen LogP contribution in [0.5, 0.6) is 0 Å². The lowest BCUT2D eigenvalue weighted by Gasteiger charge is -2.20. The minimum absolute atomic E-state index is 0.167. The fourth-order valence-corrected chi connectivity index (χ4v) is 4.86. The largest absolute Gasteiger partial charge is 0.398 e. The van der Waals surface area contributed by atoms with E-state index < -0.39 is 15.9 Å². The van der Waals surface area contributed by atoms with E-state index >= 15 is 0 Å². The van der Waals surface area contributed by atoms with Gasteiger partial charge in [0.1, 0.15) is 4.21 Å². The van der Waals surface area contributed by atoms with Gasteiger partial charge in [-0.3, -0.25) is 9.69 Å². The topological polar surface area (TPSA) is 110 Å². The van der Waals surface area contributed by atoms with Gasteiger partial charge in [-0.05, 0) is 19.0 Å². The van der Waals surface area contributed by atoms with Crippen LogP contribution in [0.3, 0.4) is 0 Å². The van der Waals surface area contributed by atoms with Gasteiger partial charge in [-0.2, -0.15) is 4.31 Å². The highest BCUT2D eigenvalue weighted by molar-refractivity contribution is 7.91. The van der Waals surface area contributed by atoms with Crippen molar-refractivity contribution >= 4 is 33.0 Å². The Morgan fingerprint density at radius 2 is 2.05 bits per heavy atom. The summed E-state index contributed by atoms with van der Waals surface area (Å²) in [5.41, 5.74) is 11.2. The average molecular weight is 318 g/mol. The number of amides is 1. The number of thiophene rings is 1. The lowest BCUT2D eigenvalue weighted by Crippen LogP contribution is -2.38. The van der Waals surface area contributed by atoms with Crippen molar-refractivity contribution in [2.75, 3.05) is 38.5 Å². The molecule has 0 aliphatic carbocycles. The highest BCUT2D eigenvalue weighted by Gasteiger charge is 2.28. The van der Waals surface area contributed by atoms with Crippen molar-refractivity contribution in [3.8, 4) is 0 Å². The van der Waals surface area contributed by atoms with Gasteiger partial charge < -0.3 is 11.5 Å². The molecule has 0 spiro atoms. The van der Waals surface area contributed by atoms with Gasteiger partial charge >= 0.3 is 0 Å². The second-order valence-electron chi connectivity index (χ2n) is 4.70. The van der Waals surface area contributed by atoms with Gasteiger partial charge in [0.2, 0.25) is 5.91 Å². The molecule has 2 rings (SSSR count). The number of nitrogens with two attached hydrogens (primary N) is 2. The Hall–Kier alpha value is -1.16. The Morgan fingerprint density at radius 3 is 2.65 bits per heavy atom. The second-order valence-corrected chi connectivity index (χ2v) is 7.78. The number of carbonyl (C=O) groups excluding carboxylic acids is 1. The molecule has 1 aliphatic rings. The van der Waals surface area contributed by atoms with Gasteiger partial charge in [0.05, 0.1) is 6.54 Å². The maximum Gasteiger partial charge on any atom is 0.252 e. The Balaban J connectivity index is 2.08. The number of carbonyl (C=O) groups is 1. The van der Waals surface area contributed by atoms with Crippen molar-refractivity contribution in [1.82, 2.24) is 9.21 Å². The van der Waals surface area contributed by atoms with E-state index in [-0.39, 0.29) is 10.8 Å². The number of nitrogen functional groups attached to an aromatic ring is 1. The molecule has 0 aromatic carbocycles. The molecule has 2 heterocycles. The molecule has 1 amide bonds. The molecular weight excluding hydrogens is 300 g/mol. The zero-order valence-electron chi connectivity index (χ0n) is 11.0. The second kappa shape index (κ2) is 6.08. The molecule has 7 nitrogen and oxygen atoms in total. The van der Waals surface area contributed by atoms with Gasteiger partial charge in [-0.15, -0.1) is 11.3 Å². The van der Waals surface area contributed by atoms with Crippen LogP contribution in [0.4, 0.5) is 5.69 Å². The summed E-state index contributed by atoms with van der Waals surface area (Å²) in [6.07, 6.45) is 0.674. The van der Waals surface area contributed by atoms with Crippen molar-refractivity contribution in [2.45, 2.75) is 10.6 Å². The Morgan fingerprint density at radius 1 is 1.30 bits per heavy atom. The molecule has 1 fully saturated rings. The lowest BCUT2D eigenvalue weighted by atomic mass is 10.4. The molecule has 1 aromatic heterocycles. The number of sulfonamides is 1. The van der Waals surface area contributed by atoms with E-state index in [1.807, 2.05) is 4.90 Å². The highest BCUT2D eigenvalue weighted by Crippen LogP contribution is 2.25. The minimum Gasteiger partial charge on any atom is -0.398 e. The Bertz CT molecular complexity index is 584. The van der Waals surface area contributed by atoms with Crippen LogP contribution in [-0.2, 0) is 14.8 Å². The van der Waals surface area contributed by atoms with E-state index in [9.17, 15) is 13.2 Å². The first kappa shape index (κ1) is 15.2. The van der Waals surface area contributed by atoms with Gasteiger partial charge in [-0.1, -0.05) is 0 Å². The smallest absolute Gasteiger partial charge is 0.252 e. The predicted molar refractivity (Wildman–Crippen MR) is 77.7 cm³/mol. The summed E-state index contributed by atoms with van der Waals surface area (Å²) in [6, 6.07) is 1.48. The van der Waals surface area contributed by atoms with Gasteiger partial charge in [-0.25, -0.2) is 8.42 Å². The number of primary amides is 1. The highest BCUT2D eigenvalue weighted by atomic mass is 32.2. The first-order chi connectivity index (χ1) is 9.39. The standard InChI is InChI=1S/C11H18N4O3S2/c12-9-6-11(19-8-9)20(17,18)15-3-1-2-14(4-5-15)7-10(13)16/h6,8H,1-5,7,12H2,(H2,13,16). The van der Waals surface area contributed by atoms with Crippen LogP contribution in [0.1, 0.15) is 6.42 Å². The number of nitrogens with zero attached hydrogens (tertiary/aromatic N) is 2. The quantitative estimate of drug-likeness (QED) is 0.778. The van der Waals surface area contributed by atoms with Crippen LogP contribution < -0.4 is 11.5 Å². The van der Waals surface area contributed by atoms with Crippen LogP contribution in [-0.4, -0.2) is 56.3 Å². The molecule has 9 heteroatoms. The summed E-state index contributed by atoms with van der Waals surface area (Å²) in [7, 11) is -3.49. The fraction of sp³-hybridized carbons (Fsp3) is 0.545. The maximum absolute atomic E-state index is 12.5. The molecule has 0 bridgehead atoms. The molecule has 4 N–H and O–H groups in total. The van der Waals surface area contributed by atoms with Crippen LogP contribution in [0.25, 0.3) is 0 Å². The molecule has 1 saturated heterocycles. The molecular formula is C11H18N4O3S2. The van der Waals surface area contributed by atoms with E-state index in [2.05, 4.69) is 0 Å². The van der Waals surface area contributed by atoms with E-state index in [0.717, 1.165) is 11.3 Å². The van der Waals surface area contributed by atoms with Crippen LogP contribution in [0, 0.1) is 0 Å². The molecule has 0 atom stereocenters. The summed E-state index contributed by atoms with van der Waals surface area (Å²) >= 11 is 1.13. The van der Waals surface area contributed by atoms with E-state index in [1.54, 1.807) is 5.38 Å². The van der Waals surface area contributed by atoms with Crippen molar-refractivity contribution < 1.29 is 13.2 Å². The summed E-state index contributed by atoms with van der Waals surface area (Å²) in [5.74, 6) is -0.396. The number of hydrogen-bond acceptors (Lipinski definition) is 6. The number of rotatable bonds is 4. The normalized spacial score (nSPS) is 18.8. The Labute approximate surface area is 122 Å². The zero-order chi connectivity index (χ0) is 14.8. The van der Waals surface area contributed by atoms with E-state index in [0.29, 0.717) is 38.3 Å². The molecule has 0 unspecified atom stereocenters. The molecule has 1 aliphatic heterocycles. The van der Waals surface area contributed by atoms with Crippen molar-refractivity contribution in [1.29, 1.82) is 0 Å². The van der Waals surface area contributed by atoms with Crippen molar-refractivity contribution in [2.24, 2.45) is 5.73 Å². The van der Waals surface area contributed by atoms with Crippen LogP contribution in [0.15, 0.2) is 15.7 Å². The third kappa shape index (κ3) is 3.48. The van der Waals surface area contributed by atoms with E-state index in [4.69, 9.17) is 11.5 Å². The first-order valence-electron chi connectivity index (χ1n) is 6.24. The number of anilines is 1. The third-order valence-corrected chi connectivity index (χ3v) is 6.45. The minimum atomic E-state index is -3.49. The summed E-state index contributed by atoms with van der Waals surface area (Å²) < 4.78 is 26.6. The number of hydrogen-bond donors (Lipinski definition) is 2. The molecule has 0 saturated carbocycles. The lowest BCUT2D eigenvalue weighted by molar-refractivity contribution is -0.119. The SMILES string of the molecule is NC(=O)CN1CCCN(S(=O)(=O)c2cc(N)cs2)CC1. The summed E-state index contributed by atoms with van der Waals surface area (Å²) in [6.45, 7) is 2.13. The van der Waals surface area contributed by atoms with Gasteiger partial charge in [0.25, 0.3) is 10.0 Å². The van der Waals surface area contributed by atoms with Crippen molar-refractivity contribution in [3.63, 3.8) is 0 Å². The van der Waals surface area contributed by atoms with Crippen LogP contribution >= 0.6 is 11.3 Å². The molecule has 1 aromatic rings. The van der Waals surface area contributed by atoms with Crippen molar-refractivity contribution in [3.05, 3.63) is 11.4 Å². The average Bonchev–Trinajstić information content (AvgIpc) is 2.66. The Kier molecular flexibility index (Phi) is 4.63. The summed E-state index contributed by atoms with van der Waals surface area (Å²) in [4.78, 5) is 12.8. The third-order valence-electron chi connectivity index (χ3n) is 3.12. The molecule has 0 radical (unpaired) electrons.